The number of rotatable bonds is 3. The Labute approximate surface area is 347 Å². The first-order valence-corrected chi connectivity index (χ1v) is 20.7. The molecule has 3 aromatic rings. The number of aliphatic hydroxyl groups is 2. The molecule has 9 atom stereocenters. The molecule has 1 aromatic heterocycles. The predicted molar refractivity (Wildman–Crippen MR) is 225 cm³/mol. The third-order valence-electron chi connectivity index (χ3n) is 12.1. The molecule has 320 valence electrons. The van der Waals surface area contributed by atoms with Gasteiger partial charge >= 0.3 is 11.8 Å². The second-order valence-electron chi connectivity index (χ2n) is 16.3. The Morgan fingerprint density at radius 3 is 2.31 bits per heavy atom. The molecule has 1 amide bonds. The molecule has 9 unspecified atom stereocenters. The van der Waals surface area contributed by atoms with Gasteiger partial charge in [0.15, 0.2) is 10.9 Å². The number of nitrogens with zero attached hydrogens (tertiary/aromatic N) is 3. The Balaban J connectivity index is 1.54. The fourth-order valence-electron chi connectivity index (χ4n) is 8.24. The number of esters is 1. The number of amides is 1. The van der Waals surface area contributed by atoms with Gasteiger partial charge in [-0.05, 0) is 27.0 Å². The van der Waals surface area contributed by atoms with Gasteiger partial charge in [0.25, 0.3) is 11.7 Å². The van der Waals surface area contributed by atoms with E-state index in [-0.39, 0.29) is 50.2 Å². The van der Waals surface area contributed by atoms with E-state index in [1.807, 2.05) is 7.05 Å². The number of anilines is 2. The van der Waals surface area contributed by atoms with E-state index in [9.17, 15) is 34.8 Å². The summed E-state index contributed by atoms with van der Waals surface area (Å²) in [6.07, 6.45) is 3.98. The minimum absolute atomic E-state index is 0.0250. The number of fused-ring (bicyclic) bond motifs is 1. The molecular weight excluding hydrogens is 781 g/mol. The van der Waals surface area contributed by atoms with Crippen LogP contribution in [0.1, 0.15) is 64.4 Å². The van der Waals surface area contributed by atoms with Gasteiger partial charge in [0.2, 0.25) is 0 Å². The number of likely N-dealkylation sites (N-methyl/N-ethyl adjacent to an activating group) is 1. The maximum Gasteiger partial charge on any atom is 0.312 e. The molecule has 0 radical (unpaired) electrons. The molecule has 4 heterocycles. The van der Waals surface area contributed by atoms with Crippen molar-refractivity contribution >= 4 is 60.8 Å². The number of carbonyl (C=O) groups is 3. The third-order valence-corrected chi connectivity index (χ3v) is 13.3. The molecule has 2 aromatic carbocycles. The maximum absolute atomic E-state index is 14.6. The molecule has 3 aliphatic heterocycles. The van der Waals surface area contributed by atoms with Crippen molar-refractivity contribution in [2.75, 3.05) is 50.6 Å². The molecule has 59 heavy (non-hydrogen) atoms. The molecular formula is C43H56N4O11S. The number of thiazole rings is 1. The van der Waals surface area contributed by atoms with Gasteiger partial charge in [-0.1, -0.05) is 57.3 Å². The summed E-state index contributed by atoms with van der Waals surface area (Å²) in [6, 6.07) is 0. The van der Waals surface area contributed by atoms with Gasteiger partial charge in [-0.15, -0.1) is 0 Å². The van der Waals surface area contributed by atoms with Crippen LogP contribution >= 0.6 is 11.3 Å². The van der Waals surface area contributed by atoms with Gasteiger partial charge in [-0.25, -0.2) is 4.98 Å². The topological polar surface area (TPSA) is 200 Å². The van der Waals surface area contributed by atoms with Crippen molar-refractivity contribution < 1.29 is 53.8 Å². The van der Waals surface area contributed by atoms with Crippen molar-refractivity contribution in [3.05, 3.63) is 47.3 Å². The lowest BCUT2D eigenvalue weighted by atomic mass is 9.78. The van der Waals surface area contributed by atoms with Crippen molar-refractivity contribution in [2.24, 2.45) is 23.7 Å². The van der Waals surface area contributed by atoms with Crippen LogP contribution in [0.2, 0.25) is 0 Å². The van der Waals surface area contributed by atoms with Crippen LogP contribution in [0.4, 0.5) is 10.8 Å². The number of aromatic hydroxyl groups is 2. The van der Waals surface area contributed by atoms with Crippen LogP contribution in [0.3, 0.4) is 0 Å². The molecule has 1 fully saturated rings. The summed E-state index contributed by atoms with van der Waals surface area (Å²) in [5.41, 5.74) is 0.785. The number of allylic oxidation sites excluding steroid dienone is 2. The first-order valence-electron chi connectivity index (χ1n) is 19.9. The molecule has 0 spiro atoms. The summed E-state index contributed by atoms with van der Waals surface area (Å²) in [4.78, 5) is 50.1. The van der Waals surface area contributed by atoms with Crippen molar-refractivity contribution in [1.82, 2.24) is 9.88 Å². The molecule has 15 nitrogen and oxygen atoms in total. The number of aromatic nitrogens is 1. The van der Waals surface area contributed by atoms with Crippen LogP contribution in [0, 0.1) is 30.6 Å². The average molecular weight is 837 g/mol. The Kier molecular flexibility index (Phi) is 12.7. The van der Waals surface area contributed by atoms with E-state index in [1.54, 1.807) is 65.8 Å². The standard InChI is InChI=1S/C43H56N4O11S/c1-20-12-11-13-21(2)41(54)44-32-36(52)29-28(31-39(32)59-42(45-31)47-17-15-46(9)16-18-47)30-38(25(6)35(29)51)58-43(8,40(30)53)56-19-14-27(55-10)22(3)37(57-26(7)48)24(5)34(50)23(4)33(20)49/h11-14,19-20,22-24,27,33-34,37,49-52H,15-18H2,1-10H3,(H,44,54)/b12-11+,19-14+,21-13-. The first kappa shape index (κ1) is 43.8. The Morgan fingerprint density at radius 2 is 1.66 bits per heavy atom. The number of Topliss-reactive ketones (excluding diaryl/α,β-unsaturated/α-hetero) is 1. The highest BCUT2D eigenvalue weighted by atomic mass is 32.1. The Hall–Kier alpha value is -4.74. The molecule has 6 rings (SSSR count). The van der Waals surface area contributed by atoms with E-state index in [4.69, 9.17) is 23.9 Å². The number of aliphatic hydroxyl groups excluding tert-OH is 2. The van der Waals surface area contributed by atoms with E-state index in [0.29, 0.717) is 22.9 Å². The van der Waals surface area contributed by atoms with Crippen LogP contribution in [0.15, 0.2) is 36.1 Å². The zero-order chi connectivity index (χ0) is 43.2. The number of hydrogen-bond donors (Lipinski definition) is 5. The van der Waals surface area contributed by atoms with Crippen LogP contribution in [-0.2, 0) is 23.8 Å². The summed E-state index contributed by atoms with van der Waals surface area (Å²) in [5.74, 6) is -6.77. The number of hydrogen-bond acceptors (Lipinski definition) is 15. The van der Waals surface area contributed by atoms with E-state index in [2.05, 4.69) is 15.1 Å². The first-order chi connectivity index (χ1) is 27.8. The molecule has 4 bridgehead atoms. The minimum Gasteiger partial charge on any atom is -0.507 e. The second kappa shape index (κ2) is 17.1. The summed E-state index contributed by atoms with van der Waals surface area (Å²) in [6.45, 7) is 15.8. The van der Waals surface area contributed by atoms with Crippen LogP contribution < -0.4 is 15.0 Å². The molecule has 3 aliphatic rings. The quantitative estimate of drug-likeness (QED) is 0.166. The smallest absolute Gasteiger partial charge is 0.312 e. The number of ether oxygens (including phenoxy) is 4. The van der Waals surface area contributed by atoms with Crippen molar-refractivity contribution in [3.8, 4) is 17.2 Å². The molecule has 1 saturated heterocycles. The lowest BCUT2D eigenvalue weighted by Gasteiger charge is -2.38. The van der Waals surface area contributed by atoms with Crippen molar-refractivity contribution in [2.45, 2.75) is 85.6 Å². The zero-order valence-electron chi connectivity index (χ0n) is 35.2. The number of nitrogens with one attached hydrogen (secondary N) is 1. The van der Waals surface area contributed by atoms with E-state index in [1.165, 1.54) is 38.6 Å². The number of carbonyl (C=O) groups excluding carboxylic acids is 3. The third kappa shape index (κ3) is 8.12. The van der Waals surface area contributed by atoms with Gasteiger partial charge < -0.3 is 54.5 Å². The van der Waals surface area contributed by atoms with Gasteiger partial charge in [0.05, 0.1) is 45.7 Å². The van der Waals surface area contributed by atoms with Gasteiger partial charge in [0, 0.05) is 87.3 Å². The van der Waals surface area contributed by atoms with Gasteiger partial charge in [-0.2, -0.15) is 0 Å². The molecule has 16 heteroatoms. The minimum atomic E-state index is -1.94. The van der Waals surface area contributed by atoms with Crippen molar-refractivity contribution in [3.63, 3.8) is 0 Å². The van der Waals surface area contributed by atoms with Crippen LogP contribution in [-0.4, -0.2) is 119 Å². The van der Waals surface area contributed by atoms with E-state index >= 15 is 0 Å². The van der Waals surface area contributed by atoms with Crippen LogP contribution in [0.5, 0.6) is 17.2 Å². The highest BCUT2D eigenvalue weighted by Crippen LogP contribution is 2.55. The second-order valence-corrected chi connectivity index (χ2v) is 17.3. The number of phenols is 2. The summed E-state index contributed by atoms with van der Waals surface area (Å²) in [7, 11) is 3.50. The average Bonchev–Trinajstić information content (AvgIpc) is 3.76. The lowest BCUT2D eigenvalue weighted by molar-refractivity contribution is -0.160. The van der Waals surface area contributed by atoms with E-state index in [0.717, 1.165) is 13.1 Å². The molecule has 5 N–H and O–H groups in total. The largest absolute Gasteiger partial charge is 0.507 e. The monoisotopic (exact) mass is 836 g/mol. The van der Waals surface area contributed by atoms with Crippen molar-refractivity contribution in [1.29, 1.82) is 0 Å². The maximum atomic E-state index is 14.6. The number of methoxy groups -OCH3 is 1. The Morgan fingerprint density at radius 1 is 0.983 bits per heavy atom. The number of ketones is 1. The summed E-state index contributed by atoms with van der Waals surface area (Å²) < 4.78 is 24.3. The number of phenolic OH excluding ortho intramolecular Hbond substituents is 2. The predicted octanol–water partition coefficient (Wildman–Crippen LogP) is 5.41. The highest BCUT2D eigenvalue weighted by Gasteiger charge is 2.50. The lowest BCUT2D eigenvalue weighted by Crippen LogP contribution is -2.46. The van der Waals surface area contributed by atoms with Crippen LogP contribution in [0.25, 0.3) is 21.0 Å². The van der Waals surface area contributed by atoms with Gasteiger partial charge in [-0.3, -0.25) is 14.4 Å². The van der Waals surface area contributed by atoms with E-state index < -0.39 is 77.3 Å². The summed E-state index contributed by atoms with van der Waals surface area (Å²) in [5, 5.41) is 50.2. The number of piperazine rings is 1. The summed E-state index contributed by atoms with van der Waals surface area (Å²) >= 11 is 1.25. The molecule has 0 saturated carbocycles. The van der Waals surface area contributed by atoms with Gasteiger partial charge in [0.1, 0.15) is 23.3 Å². The fraction of sp³-hybridized carbons (Fsp3) is 0.535. The molecule has 0 aliphatic carbocycles. The highest BCUT2D eigenvalue weighted by molar-refractivity contribution is 7.23. The zero-order valence-corrected chi connectivity index (χ0v) is 36.0. The fourth-order valence-corrected chi connectivity index (χ4v) is 9.37. The SMILES string of the molecule is COC1/C=C/OC2(C)Oc3c(C)c(O)c4c(O)c(c5sc(N6CCN(C)CC6)nc5c4c3C2=O)NC(=O)/C(C)=C\C=C\C(C)C(O)C(C)C(O)C(C)C(OC(C)=O)C1C. The Bertz CT molecular complexity index is 2230. The number of benzene rings is 2. The normalized spacial score (nSPS) is 32.1.